The first kappa shape index (κ1) is 17.8. The molecule has 0 spiro atoms. The maximum Gasteiger partial charge on any atom is 0.363 e. The van der Waals surface area contributed by atoms with Crippen molar-refractivity contribution in [2.24, 2.45) is 0 Å². The van der Waals surface area contributed by atoms with Crippen LogP contribution in [0.5, 0.6) is 0 Å². The smallest absolute Gasteiger partial charge is 0.363 e. The van der Waals surface area contributed by atoms with Gasteiger partial charge >= 0.3 is 20.3 Å². The number of rotatable bonds is 6. The molecule has 1 unspecified atom stereocenters. The Labute approximate surface area is 109 Å². The summed E-state index contributed by atoms with van der Waals surface area (Å²) in [5.74, 6) is -4.30. The van der Waals surface area contributed by atoms with Gasteiger partial charge in [-0.15, -0.1) is 0 Å². The lowest BCUT2D eigenvalue weighted by molar-refractivity contribution is -0.898. The summed E-state index contributed by atoms with van der Waals surface area (Å²) in [6.07, 6.45) is 0.248. The maximum absolute atomic E-state index is 11.6. The van der Waals surface area contributed by atoms with Gasteiger partial charge in [-0.1, -0.05) is 0 Å². The molecule has 12 heteroatoms. The van der Waals surface area contributed by atoms with Gasteiger partial charge in [-0.25, -0.2) is 13.2 Å². The van der Waals surface area contributed by atoms with Crippen molar-refractivity contribution < 1.29 is 45.7 Å². The molecule has 0 aromatic carbocycles. The number of aliphatic carboxylic acids is 2. The van der Waals surface area contributed by atoms with Crippen LogP contribution in [0.2, 0.25) is 0 Å². The highest BCUT2D eigenvalue weighted by Gasteiger charge is 2.67. The fourth-order valence-corrected chi connectivity index (χ4v) is 5.59. The highest BCUT2D eigenvalue weighted by Crippen LogP contribution is 2.32. The van der Waals surface area contributed by atoms with Crippen molar-refractivity contribution in [1.82, 2.24) is 0 Å². The van der Waals surface area contributed by atoms with Crippen LogP contribution in [0.15, 0.2) is 0 Å². The van der Waals surface area contributed by atoms with Crippen molar-refractivity contribution in [3.05, 3.63) is 0 Å². The molecule has 10 nitrogen and oxygen atoms in total. The first-order chi connectivity index (χ1) is 8.11. The van der Waals surface area contributed by atoms with Crippen molar-refractivity contribution in [3.63, 3.8) is 0 Å². The van der Waals surface area contributed by atoms with Gasteiger partial charge in [0.25, 0.3) is 0 Å². The van der Waals surface area contributed by atoms with Crippen LogP contribution in [-0.2, 0) is 29.5 Å². The van der Waals surface area contributed by atoms with Gasteiger partial charge < -0.3 is 15.0 Å². The van der Waals surface area contributed by atoms with Crippen LogP contribution in [0.25, 0.3) is 0 Å². The number of carboxylic acids is 2. The molecule has 1 atom stereocenters. The van der Waals surface area contributed by atoms with Crippen LogP contribution in [0.4, 0.5) is 0 Å². The Morgan fingerprint density at radius 3 is 1.74 bits per heavy atom. The molecule has 0 aromatic heterocycles. The quantitative estimate of drug-likeness (QED) is 0.372. The predicted molar refractivity (Wildman–Crippen MR) is 58.7 cm³/mol. The minimum absolute atomic E-state index is 0.248. The van der Waals surface area contributed by atoms with E-state index in [-0.39, 0.29) is 6.26 Å². The molecule has 0 saturated heterocycles. The molecule has 112 valence electrons. The van der Waals surface area contributed by atoms with E-state index >= 15 is 0 Å². The van der Waals surface area contributed by atoms with Crippen LogP contribution < -0.4 is 5.11 Å². The zero-order valence-corrected chi connectivity index (χ0v) is 11.9. The van der Waals surface area contributed by atoms with E-state index in [9.17, 15) is 31.5 Å². The highest BCUT2D eigenvalue weighted by atomic mass is 32.3. The summed E-state index contributed by atoms with van der Waals surface area (Å²) in [7, 11) is -9.26. The number of carbonyl (C=O) groups excluding carboxylic acids is 1. The Kier molecular flexibility index (Phi) is 4.39. The lowest BCUT2D eigenvalue weighted by atomic mass is 10.4. The number of quaternary nitrogens is 1. The van der Waals surface area contributed by atoms with Crippen molar-refractivity contribution in [2.75, 3.05) is 26.9 Å². The summed E-state index contributed by atoms with van der Waals surface area (Å²) in [6, 6.07) is 0. The zero-order chi connectivity index (χ0) is 15.9. The number of sulfone groups is 1. The Bertz CT molecular complexity index is 568. The normalized spacial score (nSPS) is 16.6. The number of carbonyl (C=O) groups is 2. The van der Waals surface area contributed by atoms with Gasteiger partial charge in [0, 0.05) is 6.26 Å². The molecule has 0 fully saturated rings. The summed E-state index contributed by atoms with van der Waals surface area (Å²) >= 11 is 0. The molecule has 0 aromatic rings. The predicted octanol–water partition coefficient (Wildman–Crippen LogP) is -3.52. The van der Waals surface area contributed by atoms with Crippen LogP contribution in [0.1, 0.15) is 0 Å². The van der Waals surface area contributed by atoms with Crippen LogP contribution in [0, 0.1) is 0 Å². The van der Waals surface area contributed by atoms with E-state index in [1.807, 2.05) is 0 Å². The standard InChI is InChI=1S/C7H13NO9S2/c1-8(2,4-5(9)10)7(6(11)12,18(3,13)14)19(15,16)17/h4H2,1-3H3,(H2-,9,10,11,12,15,16,17). The molecule has 0 aliphatic carbocycles. The molecule has 0 radical (unpaired) electrons. The van der Waals surface area contributed by atoms with E-state index in [1.54, 1.807) is 0 Å². The van der Waals surface area contributed by atoms with Gasteiger partial charge in [0.2, 0.25) is 9.84 Å². The molecule has 0 bridgehead atoms. The van der Waals surface area contributed by atoms with E-state index in [0.717, 1.165) is 14.1 Å². The van der Waals surface area contributed by atoms with Crippen molar-refractivity contribution in [1.29, 1.82) is 0 Å². The van der Waals surface area contributed by atoms with Gasteiger partial charge in [-0.05, 0) is 0 Å². The molecule has 0 heterocycles. The van der Waals surface area contributed by atoms with E-state index < -0.39 is 47.1 Å². The number of nitrogens with zero attached hydrogens (tertiary/aromatic N) is 1. The molecular formula is C7H13NO9S2. The summed E-state index contributed by atoms with van der Waals surface area (Å²) in [5.41, 5.74) is 0. The number of likely N-dealkylation sites (N-methyl/N-ethyl adjacent to an activating group) is 1. The van der Waals surface area contributed by atoms with Gasteiger partial charge in [0.15, 0.2) is 6.54 Å². The Balaban J connectivity index is 6.71. The molecule has 0 rings (SSSR count). The Hall–Kier alpha value is -1.24. The molecule has 0 aliphatic heterocycles. The van der Waals surface area contributed by atoms with E-state index in [2.05, 4.69) is 0 Å². The fraction of sp³-hybridized carbons (Fsp3) is 0.714. The van der Waals surface area contributed by atoms with E-state index in [0.29, 0.717) is 0 Å². The van der Waals surface area contributed by atoms with Gasteiger partial charge in [0.05, 0.1) is 14.1 Å². The number of carboxylic acid groups (broad SMARTS) is 2. The van der Waals surface area contributed by atoms with Crippen molar-refractivity contribution >= 4 is 31.9 Å². The van der Waals surface area contributed by atoms with Crippen LogP contribution in [-0.4, -0.2) is 74.0 Å². The van der Waals surface area contributed by atoms with Gasteiger partial charge in [0.1, 0.15) is 5.97 Å². The molecular weight excluding hydrogens is 306 g/mol. The van der Waals surface area contributed by atoms with Crippen LogP contribution in [0.3, 0.4) is 0 Å². The lowest BCUT2D eigenvalue weighted by Crippen LogP contribution is -2.75. The fourth-order valence-electron chi connectivity index (χ4n) is 1.90. The second kappa shape index (κ2) is 4.70. The SMILES string of the molecule is C[N+](C)(CC(=O)O)C(C(=O)[O-])(S(C)(=O)=O)S(=O)(=O)O. The molecule has 2 N–H and O–H groups in total. The van der Waals surface area contributed by atoms with E-state index in [1.165, 1.54) is 0 Å². The zero-order valence-electron chi connectivity index (χ0n) is 10.2. The summed E-state index contributed by atoms with van der Waals surface area (Å²) in [4.78, 5) is 21.7. The summed E-state index contributed by atoms with van der Waals surface area (Å²) in [5, 5.41) is 19.7. The second-order valence-electron chi connectivity index (χ2n) is 4.35. The molecule has 19 heavy (non-hydrogen) atoms. The van der Waals surface area contributed by atoms with Crippen molar-refractivity contribution in [2.45, 2.75) is 4.20 Å². The third kappa shape index (κ3) is 2.70. The highest BCUT2D eigenvalue weighted by molar-refractivity contribution is 8.08. The molecule has 0 aliphatic rings. The monoisotopic (exact) mass is 319 g/mol. The van der Waals surface area contributed by atoms with Gasteiger partial charge in [-0.2, -0.15) is 8.42 Å². The molecule has 0 amide bonds. The topological polar surface area (TPSA) is 166 Å². The second-order valence-corrected chi connectivity index (χ2v) is 8.29. The average Bonchev–Trinajstić information content (AvgIpc) is 1.91. The van der Waals surface area contributed by atoms with Crippen LogP contribution >= 0.6 is 0 Å². The van der Waals surface area contributed by atoms with Gasteiger partial charge in [-0.3, -0.25) is 9.04 Å². The Morgan fingerprint density at radius 1 is 1.21 bits per heavy atom. The minimum Gasteiger partial charge on any atom is -0.542 e. The first-order valence-corrected chi connectivity index (χ1v) is 7.87. The number of hydrogen-bond donors (Lipinski definition) is 2. The molecule has 0 saturated carbocycles. The first-order valence-electron chi connectivity index (χ1n) is 4.54. The third-order valence-electron chi connectivity index (χ3n) is 2.44. The van der Waals surface area contributed by atoms with Crippen molar-refractivity contribution in [3.8, 4) is 0 Å². The maximum atomic E-state index is 11.6. The van der Waals surface area contributed by atoms with E-state index in [4.69, 9.17) is 9.66 Å². The lowest BCUT2D eigenvalue weighted by Gasteiger charge is -2.43. The summed E-state index contributed by atoms with van der Waals surface area (Å²) < 4.78 is 49.5. The summed E-state index contributed by atoms with van der Waals surface area (Å²) in [6.45, 7) is -1.19. The number of hydrogen-bond acceptors (Lipinski definition) is 7. The Morgan fingerprint density at radius 2 is 1.58 bits per heavy atom. The average molecular weight is 319 g/mol. The largest absolute Gasteiger partial charge is 0.542 e. The minimum atomic E-state index is -5.73. The third-order valence-corrected chi connectivity index (χ3v) is 7.00.